The largest absolute Gasteiger partial charge is 0.467 e. The van der Waals surface area contributed by atoms with E-state index < -0.39 is 5.54 Å². The molecule has 0 saturated heterocycles. The Hall–Kier alpha value is -1.40. The number of rotatable bonds is 5. The molecule has 0 heterocycles. The van der Waals surface area contributed by atoms with Crippen LogP contribution in [-0.2, 0) is 25.5 Å². The summed E-state index contributed by atoms with van der Waals surface area (Å²) < 4.78 is 11.3. The van der Waals surface area contributed by atoms with Gasteiger partial charge in [-0.2, -0.15) is 0 Å². The maximum absolute atomic E-state index is 12.7. The van der Waals surface area contributed by atoms with Gasteiger partial charge in [0.1, 0.15) is 5.54 Å². The van der Waals surface area contributed by atoms with Crippen molar-refractivity contribution in [3.05, 3.63) is 33.3 Å². The van der Waals surface area contributed by atoms with Gasteiger partial charge in [-0.15, -0.1) is 0 Å². The zero-order valence-electron chi connectivity index (χ0n) is 15.3. The highest BCUT2D eigenvalue weighted by molar-refractivity contribution is 9.10. The second-order valence-electron chi connectivity index (χ2n) is 6.70. The van der Waals surface area contributed by atoms with Gasteiger partial charge in [-0.25, -0.2) is 4.79 Å². The molecular formula is C19H26BrNO4. The molecule has 0 radical (unpaired) electrons. The van der Waals surface area contributed by atoms with Gasteiger partial charge in [0.15, 0.2) is 0 Å². The Morgan fingerprint density at radius 2 is 1.88 bits per heavy atom. The van der Waals surface area contributed by atoms with Gasteiger partial charge in [-0.3, -0.25) is 4.79 Å². The van der Waals surface area contributed by atoms with Crippen molar-refractivity contribution in [3.63, 3.8) is 0 Å². The summed E-state index contributed by atoms with van der Waals surface area (Å²) in [5.74, 6) is -0.538. The van der Waals surface area contributed by atoms with Crippen LogP contribution in [0.15, 0.2) is 16.6 Å². The quantitative estimate of drug-likeness (QED) is 0.755. The van der Waals surface area contributed by atoms with E-state index in [1.165, 1.54) is 7.11 Å². The van der Waals surface area contributed by atoms with Gasteiger partial charge in [0.05, 0.1) is 19.6 Å². The van der Waals surface area contributed by atoms with Crippen LogP contribution in [0.25, 0.3) is 0 Å². The minimum Gasteiger partial charge on any atom is -0.467 e. The minimum atomic E-state index is -0.950. The van der Waals surface area contributed by atoms with Gasteiger partial charge in [0.2, 0.25) is 5.91 Å². The van der Waals surface area contributed by atoms with Crippen LogP contribution in [0.3, 0.4) is 0 Å². The zero-order chi connectivity index (χ0) is 18.6. The highest BCUT2D eigenvalue weighted by Gasteiger charge is 2.44. The lowest BCUT2D eigenvalue weighted by Gasteiger charge is -2.38. The molecule has 0 aliphatic heterocycles. The third-order valence-corrected chi connectivity index (χ3v) is 6.04. The Kier molecular flexibility index (Phi) is 6.63. The summed E-state index contributed by atoms with van der Waals surface area (Å²) in [5, 5.41) is 2.97. The van der Waals surface area contributed by atoms with Crippen molar-refractivity contribution in [2.45, 2.75) is 57.6 Å². The first-order valence-corrected chi connectivity index (χ1v) is 9.29. The number of hydrogen-bond donors (Lipinski definition) is 1. The number of nitrogens with one attached hydrogen (secondary N) is 1. The fourth-order valence-corrected chi connectivity index (χ4v) is 3.87. The molecule has 6 heteroatoms. The number of methoxy groups -OCH3 is 2. The fraction of sp³-hybridized carbons (Fsp3) is 0.579. The molecule has 1 fully saturated rings. The summed E-state index contributed by atoms with van der Waals surface area (Å²) in [6, 6.07) is 3.97. The Morgan fingerprint density at radius 1 is 1.24 bits per heavy atom. The van der Waals surface area contributed by atoms with E-state index in [0.717, 1.165) is 34.0 Å². The highest BCUT2D eigenvalue weighted by atomic mass is 79.9. The Labute approximate surface area is 157 Å². The standard InChI is InChI=1S/C19H26BrNO4/c1-12-5-6-16(20)13(2)15(12)11-17(22)21-19(18(23)25-4)9-7-14(24-3)8-10-19/h5-6,14H,7-11H2,1-4H3,(H,21,22)/t14-,19+. The molecule has 0 bridgehead atoms. The molecule has 1 saturated carbocycles. The number of esters is 1. The van der Waals surface area contributed by atoms with Crippen LogP contribution < -0.4 is 5.32 Å². The number of carbonyl (C=O) groups is 2. The second-order valence-corrected chi connectivity index (χ2v) is 7.56. The lowest BCUT2D eigenvalue weighted by Crippen LogP contribution is -2.57. The van der Waals surface area contributed by atoms with Crippen LogP contribution in [0, 0.1) is 13.8 Å². The number of ether oxygens (including phenoxy) is 2. The number of amides is 1. The molecule has 0 aromatic heterocycles. The molecule has 1 aromatic rings. The van der Waals surface area contributed by atoms with E-state index in [1.54, 1.807) is 7.11 Å². The summed E-state index contributed by atoms with van der Waals surface area (Å²) in [4.78, 5) is 25.1. The molecule has 2 rings (SSSR count). The monoisotopic (exact) mass is 411 g/mol. The molecule has 1 aliphatic carbocycles. The predicted molar refractivity (Wildman–Crippen MR) is 99.5 cm³/mol. The minimum absolute atomic E-state index is 0.129. The lowest BCUT2D eigenvalue weighted by atomic mass is 9.80. The van der Waals surface area contributed by atoms with E-state index in [2.05, 4.69) is 21.2 Å². The van der Waals surface area contributed by atoms with Crippen LogP contribution in [0.1, 0.15) is 42.4 Å². The van der Waals surface area contributed by atoms with E-state index in [1.807, 2.05) is 26.0 Å². The van der Waals surface area contributed by atoms with E-state index in [9.17, 15) is 9.59 Å². The number of aryl methyl sites for hydroxylation is 1. The number of halogens is 1. The average Bonchev–Trinajstić information content (AvgIpc) is 2.61. The molecular weight excluding hydrogens is 386 g/mol. The molecule has 0 spiro atoms. The molecule has 1 amide bonds. The molecule has 25 heavy (non-hydrogen) atoms. The van der Waals surface area contributed by atoms with Crippen molar-refractivity contribution in [1.82, 2.24) is 5.32 Å². The van der Waals surface area contributed by atoms with Gasteiger partial charge < -0.3 is 14.8 Å². The predicted octanol–water partition coefficient (Wildman–Crippen LogP) is 3.23. The first-order valence-electron chi connectivity index (χ1n) is 8.49. The maximum atomic E-state index is 12.7. The van der Waals surface area contributed by atoms with E-state index in [-0.39, 0.29) is 24.4 Å². The number of hydrogen-bond acceptors (Lipinski definition) is 4. The molecule has 138 valence electrons. The van der Waals surface area contributed by atoms with Crippen LogP contribution >= 0.6 is 15.9 Å². The normalized spacial score (nSPS) is 23.2. The Morgan fingerprint density at radius 3 is 2.44 bits per heavy atom. The molecule has 0 unspecified atom stereocenters. The lowest BCUT2D eigenvalue weighted by molar-refractivity contribution is -0.153. The highest BCUT2D eigenvalue weighted by Crippen LogP contribution is 2.31. The van der Waals surface area contributed by atoms with Crippen LogP contribution in [0.2, 0.25) is 0 Å². The Balaban J connectivity index is 2.16. The van der Waals surface area contributed by atoms with Gasteiger partial charge in [-0.1, -0.05) is 22.0 Å². The van der Waals surface area contributed by atoms with Crippen LogP contribution in [0.5, 0.6) is 0 Å². The zero-order valence-corrected chi connectivity index (χ0v) is 16.9. The van der Waals surface area contributed by atoms with E-state index in [4.69, 9.17) is 9.47 Å². The van der Waals surface area contributed by atoms with Crippen molar-refractivity contribution < 1.29 is 19.1 Å². The Bertz CT molecular complexity index is 651. The third kappa shape index (κ3) is 4.42. The van der Waals surface area contributed by atoms with Gasteiger partial charge in [0.25, 0.3) is 0 Å². The molecule has 0 atom stereocenters. The van der Waals surface area contributed by atoms with Crippen LogP contribution in [0.4, 0.5) is 0 Å². The fourth-order valence-electron chi connectivity index (χ4n) is 3.50. The molecule has 1 aromatic carbocycles. The third-order valence-electron chi connectivity index (χ3n) is 5.18. The summed E-state index contributed by atoms with van der Waals surface area (Å²) in [6.45, 7) is 3.97. The summed E-state index contributed by atoms with van der Waals surface area (Å²) in [6.07, 6.45) is 2.87. The van der Waals surface area contributed by atoms with Crippen molar-refractivity contribution in [2.24, 2.45) is 0 Å². The van der Waals surface area contributed by atoms with Crippen molar-refractivity contribution in [1.29, 1.82) is 0 Å². The maximum Gasteiger partial charge on any atom is 0.331 e. The van der Waals surface area contributed by atoms with Gasteiger partial charge >= 0.3 is 5.97 Å². The summed E-state index contributed by atoms with van der Waals surface area (Å²) in [5.41, 5.74) is 2.14. The summed E-state index contributed by atoms with van der Waals surface area (Å²) >= 11 is 3.51. The van der Waals surface area contributed by atoms with Crippen molar-refractivity contribution >= 4 is 27.8 Å². The van der Waals surface area contributed by atoms with E-state index in [0.29, 0.717) is 12.8 Å². The first kappa shape index (κ1) is 19.9. The van der Waals surface area contributed by atoms with Gasteiger partial charge in [-0.05, 0) is 62.3 Å². The average molecular weight is 412 g/mol. The molecule has 5 nitrogen and oxygen atoms in total. The SMILES string of the molecule is COC(=O)[C@]1(NC(=O)Cc2c(C)ccc(Br)c2C)CC[C@@H](OC)CC1. The van der Waals surface area contributed by atoms with Crippen molar-refractivity contribution in [3.8, 4) is 0 Å². The van der Waals surface area contributed by atoms with E-state index >= 15 is 0 Å². The number of carbonyl (C=O) groups excluding carboxylic acids is 2. The topological polar surface area (TPSA) is 64.6 Å². The summed E-state index contributed by atoms with van der Waals surface area (Å²) in [7, 11) is 3.04. The number of benzene rings is 1. The van der Waals surface area contributed by atoms with Gasteiger partial charge in [0, 0.05) is 11.6 Å². The smallest absolute Gasteiger partial charge is 0.331 e. The molecule has 1 N–H and O–H groups in total. The van der Waals surface area contributed by atoms with Crippen LogP contribution in [-0.4, -0.2) is 37.7 Å². The molecule has 1 aliphatic rings. The second kappa shape index (κ2) is 8.32. The van der Waals surface area contributed by atoms with Crippen molar-refractivity contribution in [2.75, 3.05) is 14.2 Å². The first-order chi connectivity index (χ1) is 11.8.